The Morgan fingerprint density at radius 1 is 1.26 bits per heavy atom. The van der Waals surface area contributed by atoms with Crippen molar-refractivity contribution in [3.63, 3.8) is 0 Å². The summed E-state index contributed by atoms with van der Waals surface area (Å²) in [5, 5.41) is 3.35. The Morgan fingerprint density at radius 3 is 2.89 bits per heavy atom. The van der Waals surface area contributed by atoms with Gasteiger partial charge >= 0.3 is 0 Å². The van der Waals surface area contributed by atoms with Gasteiger partial charge in [0.05, 0.1) is 0 Å². The van der Waals surface area contributed by atoms with Gasteiger partial charge in [-0.1, -0.05) is 24.3 Å². The minimum atomic E-state index is 0.412. The molecule has 0 amide bonds. The highest BCUT2D eigenvalue weighted by molar-refractivity contribution is 5.59. The smallest absolute Gasteiger partial charge is 0.159 e. The van der Waals surface area contributed by atoms with E-state index in [1.807, 2.05) is 25.4 Å². The van der Waals surface area contributed by atoms with Crippen molar-refractivity contribution in [2.24, 2.45) is 0 Å². The van der Waals surface area contributed by atoms with Crippen molar-refractivity contribution in [2.75, 3.05) is 7.05 Å². The quantitative estimate of drug-likeness (QED) is 0.894. The summed E-state index contributed by atoms with van der Waals surface area (Å²) < 4.78 is 0. The van der Waals surface area contributed by atoms with Gasteiger partial charge in [0.2, 0.25) is 0 Å². The normalized spacial score (nSPS) is 18.1. The van der Waals surface area contributed by atoms with Gasteiger partial charge in [-0.3, -0.25) is 0 Å². The van der Waals surface area contributed by atoms with Gasteiger partial charge in [-0.05, 0) is 38.8 Å². The molecule has 19 heavy (non-hydrogen) atoms. The number of hydrogen-bond donors (Lipinski definition) is 1. The molecule has 2 aromatic rings. The predicted molar refractivity (Wildman–Crippen MR) is 76.9 cm³/mol. The second kappa shape index (κ2) is 5.10. The fourth-order valence-corrected chi connectivity index (χ4v) is 2.80. The van der Waals surface area contributed by atoms with E-state index in [9.17, 15) is 0 Å². The van der Waals surface area contributed by atoms with Crippen LogP contribution in [-0.2, 0) is 6.42 Å². The van der Waals surface area contributed by atoms with E-state index in [-0.39, 0.29) is 0 Å². The molecule has 1 N–H and O–H groups in total. The molecule has 1 atom stereocenters. The zero-order valence-electron chi connectivity index (χ0n) is 11.5. The van der Waals surface area contributed by atoms with Gasteiger partial charge < -0.3 is 5.32 Å². The van der Waals surface area contributed by atoms with Crippen LogP contribution in [0.4, 0.5) is 0 Å². The van der Waals surface area contributed by atoms with Crippen LogP contribution < -0.4 is 5.32 Å². The second-order valence-electron chi connectivity index (χ2n) is 5.14. The van der Waals surface area contributed by atoms with E-state index in [1.54, 1.807) is 0 Å². The predicted octanol–water partition coefficient (Wildman–Crippen LogP) is 3.05. The molecular formula is C16H19N3. The van der Waals surface area contributed by atoms with Crippen LogP contribution >= 0.6 is 0 Å². The molecule has 0 saturated heterocycles. The summed E-state index contributed by atoms with van der Waals surface area (Å²) in [7, 11) is 2.01. The lowest BCUT2D eigenvalue weighted by Gasteiger charge is -2.24. The summed E-state index contributed by atoms with van der Waals surface area (Å²) >= 11 is 0. The molecule has 1 heterocycles. The molecule has 3 rings (SSSR count). The van der Waals surface area contributed by atoms with Gasteiger partial charge in [0.15, 0.2) is 5.82 Å². The van der Waals surface area contributed by atoms with Crippen LogP contribution in [0.3, 0.4) is 0 Å². The van der Waals surface area contributed by atoms with E-state index >= 15 is 0 Å². The molecule has 1 aliphatic rings. The van der Waals surface area contributed by atoms with E-state index in [4.69, 9.17) is 4.98 Å². The van der Waals surface area contributed by atoms with Crippen molar-refractivity contribution in [1.82, 2.24) is 15.3 Å². The van der Waals surface area contributed by atoms with E-state index in [0.717, 1.165) is 17.8 Å². The number of aromatic nitrogens is 2. The van der Waals surface area contributed by atoms with Gasteiger partial charge in [-0.15, -0.1) is 0 Å². The largest absolute Gasteiger partial charge is 0.313 e. The molecule has 0 spiro atoms. The summed E-state index contributed by atoms with van der Waals surface area (Å²) in [6.07, 6.45) is 5.44. The van der Waals surface area contributed by atoms with Crippen LogP contribution in [-0.4, -0.2) is 17.0 Å². The Bertz CT molecular complexity index is 592. The highest BCUT2D eigenvalue weighted by Gasteiger charge is 2.21. The van der Waals surface area contributed by atoms with E-state index < -0.39 is 0 Å². The third-order valence-electron chi connectivity index (χ3n) is 3.92. The SMILES string of the molecule is CNC1CCCc2nc(-c3ccccc3C)ncc21. The van der Waals surface area contributed by atoms with Crippen LogP contribution in [0.25, 0.3) is 11.4 Å². The molecule has 0 fully saturated rings. The molecule has 1 aromatic carbocycles. The minimum absolute atomic E-state index is 0.412. The number of rotatable bonds is 2. The average molecular weight is 253 g/mol. The first-order valence-electron chi connectivity index (χ1n) is 6.88. The summed E-state index contributed by atoms with van der Waals surface area (Å²) in [6, 6.07) is 8.70. The first-order valence-corrected chi connectivity index (χ1v) is 6.88. The van der Waals surface area contributed by atoms with E-state index in [1.165, 1.54) is 29.7 Å². The Hall–Kier alpha value is -1.74. The molecule has 0 saturated carbocycles. The summed E-state index contributed by atoms with van der Waals surface area (Å²) in [5.41, 5.74) is 4.84. The van der Waals surface area contributed by atoms with Crippen LogP contribution in [0.1, 0.15) is 35.7 Å². The van der Waals surface area contributed by atoms with Gasteiger partial charge in [0.25, 0.3) is 0 Å². The molecule has 3 heteroatoms. The highest BCUT2D eigenvalue weighted by atomic mass is 14.9. The number of fused-ring (bicyclic) bond motifs is 1. The van der Waals surface area contributed by atoms with Crippen molar-refractivity contribution in [3.05, 3.63) is 47.3 Å². The lowest BCUT2D eigenvalue weighted by Crippen LogP contribution is -2.22. The number of nitrogens with one attached hydrogen (secondary N) is 1. The lowest BCUT2D eigenvalue weighted by atomic mass is 9.92. The van der Waals surface area contributed by atoms with Crippen molar-refractivity contribution in [3.8, 4) is 11.4 Å². The highest BCUT2D eigenvalue weighted by Crippen LogP contribution is 2.29. The third-order valence-corrected chi connectivity index (χ3v) is 3.92. The first-order chi connectivity index (χ1) is 9.29. The molecule has 1 aliphatic carbocycles. The Balaban J connectivity index is 2.05. The maximum absolute atomic E-state index is 4.79. The molecule has 3 nitrogen and oxygen atoms in total. The molecule has 98 valence electrons. The Morgan fingerprint density at radius 2 is 2.11 bits per heavy atom. The zero-order valence-corrected chi connectivity index (χ0v) is 11.5. The summed E-state index contributed by atoms with van der Waals surface area (Å²) in [5.74, 6) is 0.855. The number of nitrogens with zero attached hydrogens (tertiary/aromatic N) is 2. The molecule has 0 bridgehead atoms. The molecule has 1 unspecified atom stereocenters. The van der Waals surface area contributed by atoms with Gasteiger partial charge in [-0.25, -0.2) is 9.97 Å². The van der Waals surface area contributed by atoms with Crippen LogP contribution in [0, 0.1) is 6.92 Å². The van der Waals surface area contributed by atoms with Crippen LogP contribution in [0.15, 0.2) is 30.5 Å². The Kier molecular flexibility index (Phi) is 3.30. The molecule has 0 aliphatic heterocycles. The first kappa shape index (κ1) is 12.3. The summed E-state index contributed by atoms with van der Waals surface area (Å²) in [6.45, 7) is 2.11. The Labute approximate surface area is 114 Å². The minimum Gasteiger partial charge on any atom is -0.313 e. The van der Waals surface area contributed by atoms with Gasteiger partial charge in [-0.2, -0.15) is 0 Å². The number of aryl methyl sites for hydroxylation is 2. The molecule has 0 radical (unpaired) electrons. The molecular weight excluding hydrogens is 234 g/mol. The van der Waals surface area contributed by atoms with Crippen LogP contribution in [0.5, 0.6) is 0 Å². The number of hydrogen-bond acceptors (Lipinski definition) is 3. The fourth-order valence-electron chi connectivity index (χ4n) is 2.80. The fraction of sp³-hybridized carbons (Fsp3) is 0.375. The van der Waals surface area contributed by atoms with Crippen molar-refractivity contribution in [2.45, 2.75) is 32.2 Å². The topological polar surface area (TPSA) is 37.8 Å². The van der Waals surface area contributed by atoms with Crippen molar-refractivity contribution >= 4 is 0 Å². The maximum atomic E-state index is 4.79. The standard InChI is InChI=1S/C16H19N3/c1-11-6-3-4-7-12(11)16-18-10-13-14(17-2)8-5-9-15(13)19-16/h3-4,6-7,10,14,17H,5,8-9H2,1-2H3. The maximum Gasteiger partial charge on any atom is 0.159 e. The van der Waals surface area contributed by atoms with Crippen LogP contribution in [0.2, 0.25) is 0 Å². The second-order valence-corrected chi connectivity index (χ2v) is 5.14. The monoisotopic (exact) mass is 253 g/mol. The lowest BCUT2D eigenvalue weighted by molar-refractivity contribution is 0.488. The average Bonchev–Trinajstić information content (AvgIpc) is 2.46. The zero-order chi connectivity index (χ0) is 13.2. The number of benzene rings is 1. The van der Waals surface area contributed by atoms with Gasteiger partial charge in [0, 0.05) is 29.1 Å². The van der Waals surface area contributed by atoms with Crippen molar-refractivity contribution in [1.29, 1.82) is 0 Å². The van der Waals surface area contributed by atoms with E-state index in [2.05, 4.69) is 29.4 Å². The summed E-state index contributed by atoms with van der Waals surface area (Å²) in [4.78, 5) is 9.36. The van der Waals surface area contributed by atoms with Crippen molar-refractivity contribution < 1.29 is 0 Å². The molecule has 1 aromatic heterocycles. The van der Waals surface area contributed by atoms with Gasteiger partial charge in [0.1, 0.15) is 0 Å². The third kappa shape index (κ3) is 2.26. The van der Waals surface area contributed by atoms with E-state index in [0.29, 0.717) is 6.04 Å².